The van der Waals surface area contributed by atoms with Gasteiger partial charge < -0.3 is 9.73 Å². The van der Waals surface area contributed by atoms with E-state index in [-0.39, 0.29) is 24.6 Å². The third-order valence-corrected chi connectivity index (χ3v) is 3.06. The quantitative estimate of drug-likeness (QED) is 0.740. The van der Waals surface area contributed by atoms with Crippen LogP contribution < -0.4 is 10.9 Å². The minimum absolute atomic E-state index is 0.157. The lowest BCUT2D eigenvalue weighted by atomic mass is 10.2. The molecule has 0 aliphatic heterocycles. The summed E-state index contributed by atoms with van der Waals surface area (Å²) in [4.78, 5) is 31.9. The minimum Gasteiger partial charge on any atom is -0.463 e. The van der Waals surface area contributed by atoms with Gasteiger partial charge in [-0.3, -0.25) is 14.6 Å². The standard InChI is InChI=1S/C15H13N5O3/c21-13(10-20-14(22)4-1-5-19-20)18-9-11-15(17-7-6-16-11)12-3-2-8-23-12/h1-8H,9-10H2,(H,18,21). The topological polar surface area (TPSA) is 103 Å². The molecule has 8 nitrogen and oxygen atoms in total. The molecular formula is C15H13N5O3. The molecule has 0 unspecified atom stereocenters. The molecule has 23 heavy (non-hydrogen) atoms. The summed E-state index contributed by atoms with van der Waals surface area (Å²) in [5, 5.41) is 6.53. The van der Waals surface area contributed by atoms with Crippen molar-refractivity contribution >= 4 is 5.91 Å². The van der Waals surface area contributed by atoms with Crippen molar-refractivity contribution in [2.24, 2.45) is 0 Å². The molecule has 8 heteroatoms. The molecule has 0 atom stereocenters. The molecule has 1 amide bonds. The molecule has 3 aromatic rings. The molecule has 3 heterocycles. The first-order valence-corrected chi connectivity index (χ1v) is 6.86. The van der Waals surface area contributed by atoms with Gasteiger partial charge in [-0.15, -0.1) is 0 Å². The second-order valence-electron chi connectivity index (χ2n) is 4.63. The van der Waals surface area contributed by atoms with Crippen molar-refractivity contribution in [1.29, 1.82) is 0 Å². The molecule has 0 saturated carbocycles. The van der Waals surface area contributed by atoms with Gasteiger partial charge in [-0.25, -0.2) is 9.67 Å². The second-order valence-corrected chi connectivity index (χ2v) is 4.63. The summed E-state index contributed by atoms with van der Waals surface area (Å²) in [5.41, 5.74) is 0.801. The van der Waals surface area contributed by atoms with Gasteiger partial charge in [-0.1, -0.05) is 0 Å². The highest BCUT2D eigenvalue weighted by Gasteiger charge is 2.12. The van der Waals surface area contributed by atoms with Crippen molar-refractivity contribution in [3.63, 3.8) is 0 Å². The predicted octanol–water partition coefficient (Wildman–Crippen LogP) is 0.610. The third-order valence-electron chi connectivity index (χ3n) is 3.06. The monoisotopic (exact) mass is 311 g/mol. The number of hydrogen-bond acceptors (Lipinski definition) is 6. The Bertz CT molecular complexity index is 857. The van der Waals surface area contributed by atoms with Crippen LogP contribution in [0.4, 0.5) is 0 Å². The lowest BCUT2D eigenvalue weighted by Crippen LogP contribution is -2.33. The van der Waals surface area contributed by atoms with Crippen molar-refractivity contribution in [3.05, 3.63) is 65.2 Å². The van der Waals surface area contributed by atoms with Crippen LogP contribution in [-0.4, -0.2) is 25.7 Å². The SMILES string of the molecule is O=C(Cn1ncccc1=O)NCc1nccnc1-c1ccco1. The summed E-state index contributed by atoms with van der Waals surface area (Å²) >= 11 is 0. The van der Waals surface area contributed by atoms with Crippen molar-refractivity contribution < 1.29 is 9.21 Å². The maximum Gasteiger partial charge on any atom is 0.267 e. The largest absolute Gasteiger partial charge is 0.463 e. The van der Waals surface area contributed by atoms with E-state index in [1.165, 1.54) is 24.5 Å². The Hall–Kier alpha value is -3.29. The molecule has 1 N–H and O–H groups in total. The van der Waals surface area contributed by atoms with Gasteiger partial charge in [0.2, 0.25) is 5.91 Å². The van der Waals surface area contributed by atoms with Crippen LogP contribution in [-0.2, 0) is 17.9 Å². The maximum atomic E-state index is 12.0. The molecule has 0 fully saturated rings. The maximum absolute atomic E-state index is 12.0. The Morgan fingerprint density at radius 3 is 2.83 bits per heavy atom. The van der Waals surface area contributed by atoms with E-state index in [9.17, 15) is 9.59 Å². The summed E-state index contributed by atoms with van der Waals surface area (Å²) in [6.45, 7) is 0.0142. The number of nitrogens with one attached hydrogen (secondary N) is 1. The zero-order chi connectivity index (χ0) is 16.1. The van der Waals surface area contributed by atoms with Crippen LogP contribution in [0.5, 0.6) is 0 Å². The molecule has 0 aliphatic rings. The predicted molar refractivity (Wildman–Crippen MR) is 80.1 cm³/mol. The summed E-state index contributed by atoms with van der Waals surface area (Å²) in [6.07, 6.45) is 6.08. The zero-order valence-corrected chi connectivity index (χ0v) is 12.0. The van der Waals surface area contributed by atoms with Crippen molar-refractivity contribution in [1.82, 2.24) is 25.1 Å². The van der Waals surface area contributed by atoms with Crippen LogP contribution in [0.3, 0.4) is 0 Å². The number of carbonyl (C=O) groups is 1. The van der Waals surface area contributed by atoms with E-state index in [1.54, 1.807) is 24.6 Å². The number of carbonyl (C=O) groups excluding carboxylic acids is 1. The Balaban J connectivity index is 1.68. The van der Waals surface area contributed by atoms with Crippen LogP contribution in [0.1, 0.15) is 5.69 Å². The van der Waals surface area contributed by atoms with Gasteiger partial charge >= 0.3 is 0 Å². The molecule has 0 spiro atoms. The summed E-state index contributed by atoms with van der Waals surface area (Å²) < 4.78 is 6.39. The molecule has 0 aromatic carbocycles. The lowest BCUT2D eigenvalue weighted by molar-refractivity contribution is -0.122. The zero-order valence-electron chi connectivity index (χ0n) is 12.0. The number of hydrogen-bond donors (Lipinski definition) is 1. The molecule has 3 rings (SSSR count). The van der Waals surface area contributed by atoms with Gasteiger partial charge in [-0.2, -0.15) is 5.10 Å². The number of rotatable bonds is 5. The Morgan fingerprint density at radius 1 is 1.17 bits per heavy atom. The Labute approximate surface area is 130 Å². The summed E-state index contributed by atoms with van der Waals surface area (Å²) in [6, 6.07) is 6.38. The smallest absolute Gasteiger partial charge is 0.267 e. The molecular weight excluding hydrogens is 298 g/mol. The van der Waals surface area contributed by atoms with Crippen LogP contribution in [0.15, 0.2) is 58.3 Å². The van der Waals surface area contributed by atoms with E-state index >= 15 is 0 Å². The van der Waals surface area contributed by atoms with Gasteiger partial charge in [-0.05, 0) is 18.2 Å². The molecule has 116 valence electrons. The first-order valence-electron chi connectivity index (χ1n) is 6.86. The van der Waals surface area contributed by atoms with Crippen molar-refractivity contribution in [3.8, 4) is 11.5 Å². The number of nitrogens with zero attached hydrogens (tertiary/aromatic N) is 4. The fourth-order valence-corrected chi connectivity index (χ4v) is 2.00. The number of amides is 1. The highest BCUT2D eigenvalue weighted by atomic mass is 16.3. The second kappa shape index (κ2) is 6.65. The van der Waals surface area contributed by atoms with Crippen LogP contribution in [0, 0.1) is 0 Å². The van der Waals surface area contributed by atoms with Gasteiger partial charge in [0.25, 0.3) is 5.56 Å². The van der Waals surface area contributed by atoms with Gasteiger partial charge in [0.1, 0.15) is 12.2 Å². The molecule has 0 saturated heterocycles. The van der Waals surface area contributed by atoms with E-state index in [2.05, 4.69) is 20.4 Å². The third kappa shape index (κ3) is 3.49. The first-order chi connectivity index (χ1) is 11.2. The van der Waals surface area contributed by atoms with Crippen molar-refractivity contribution in [2.75, 3.05) is 0 Å². The normalized spacial score (nSPS) is 10.4. The molecule has 3 aromatic heterocycles. The molecule has 0 aliphatic carbocycles. The summed E-state index contributed by atoms with van der Waals surface area (Å²) in [7, 11) is 0. The van der Waals surface area contributed by atoms with Crippen LogP contribution in [0.25, 0.3) is 11.5 Å². The molecule has 0 radical (unpaired) electrons. The highest BCUT2D eigenvalue weighted by Crippen LogP contribution is 2.19. The van der Waals surface area contributed by atoms with Gasteiger partial charge in [0.05, 0.1) is 18.5 Å². The number of aromatic nitrogens is 4. The Kier molecular flexibility index (Phi) is 4.23. The van der Waals surface area contributed by atoms with Gasteiger partial charge in [0.15, 0.2) is 5.76 Å². The van der Waals surface area contributed by atoms with Crippen molar-refractivity contribution in [2.45, 2.75) is 13.1 Å². The van der Waals surface area contributed by atoms with E-state index in [0.29, 0.717) is 17.1 Å². The highest BCUT2D eigenvalue weighted by molar-refractivity contribution is 5.75. The lowest BCUT2D eigenvalue weighted by Gasteiger charge is -2.08. The number of furan rings is 1. The van der Waals surface area contributed by atoms with E-state index in [0.717, 1.165) is 4.68 Å². The van der Waals surface area contributed by atoms with E-state index in [1.807, 2.05) is 0 Å². The average molecular weight is 311 g/mol. The molecule has 0 bridgehead atoms. The van der Waals surface area contributed by atoms with Crippen LogP contribution in [0.2, 0.25) is 0 Å². The summed E-state index contributed by atoms with van der Waals surface area (Å²) in [5.74, 6) is 0.227. The van der Waals surface area contributed by atoms with E-state index < -0.39 is 0 Å². The minimum atomic E-state index is -0.346. The van der Waals surface area contributed by atoms with Gasteiger partial charge in [0, 0.05) is 24.7 Å². The fraction of sp³-hybridized carbons (Fsp3) is 0.133. The Morgan fingerprint density at radius 2 is 2.04 bits per heavy atom. The first kappa shape index (κ1) is 14.6. The van der Waals surface area contributed by atoms with Crippen LogP contribution >= 0.6 is 0 Å². The average Bonchev–Trinajstić information content (AvgIpc) is 3.10. The fourth-order valence-electron chi connectivity index (χ4n) is 2.00. The van der Waals surface area contributed by atoms with E-state index in [4.69, 9.17) is 4.42 Å².